The molecule has 0 radical (unpaired) electrons. The molecule has 0 amide bonds. The molecule has 0 aliphatic carbocycles. The number of nitrogens with zero attached hydrogens (tertiary/aromatic N) is 5. The van der Waals surface area contributed by atoms with Crippen molar-refractivity contribution >= 4 is 44.1 Å². The predicted octanol–water partition coefficient (Wildman–Crippen LogP) is 3.97. The summed E-state index contributed by atoms with van der Waals surface area (Å²) in [4.78, 5) is 6.74. The third kappa shape index (κ3) is 3.51. The maximum absolute atomic E-state index is 13.5. The highest BCUT2D eigenvalue weighted by Crippen LogP contribution is 2.30. The molecule has 0 bridgehead atoms. The van der Waals surface area contributed by atoms with Gasteiger partial charge in [0, 0.05) is 26.2 Å². The first-order valence-electron chi connectivity index (χ1n) is 10.3. The molecule has 1 saturated heterocycles. The van der Waals surface area contributed by atoms with E-state index in [1.54, 1.807) is 0 Å². The van der Waals surface area contributed by atoms with Crippen molar-refractivity contribution < 1.29 is 12.8 Å². The Morgan fingerprint density at radius 2 is 1.82 bits per heavy atom. The van der Waals surface area contributed by atoms with Crippen LogP contribution in [0.15, 0.2) is 53.4 Å². The number of imidazole rings is 1. The molecule has 1 aliphatic heterocycles. The molecule has 1 fully saturated rings. The van der Waals surface area contributed by atoms with Gasteiger partial charge in [-0.15, -0.1) is 0 Å². The highest BCUT2D eigenvalue weighted by Gasteiger charge is 2.30. The molecule has 0 N–H and O–H groups in total. The molecular formula is C23H19ClFN5O2S. The number of anilines is 1. The van der Waals surface area contributed by atoms with Gasteiger partial charge in [-0.1, -0.05) is 23.7 Å². The second kappa shape index (κ2) is 7.99. The number of fused-ring (bicyclic) bond motifs is 3. The van der Waals surface area contributed by atoms with Crippen molar-refractivity contribution in [3.63, 3.8) is 0 Å². The summed E-state index contributed by atoms with van der Waals surface area (Å²) in [6, 6.07) is 15.3. The zero-order valence-electron chi connectivity index (χ0n) is 17.7. The third-order valence-corrected chi connectivity index (χ3v) is 8.14. The summed E-state index contributed by atoms with van der Waals surface area (Å²) in [5, 5.41) is 9.46. The Morgan fingerprint density at radius 1 is 1.09 bits per heavy atom. The molecule has 0 atom stereocenters. The average molecular weight is 484 g/mol. The number of halogens is 2. The highest BCUT2D eigenvalue weighted by atomic mass is 35.5. The third-order valence-electron chi connectivity index (χ3n) is 5.96. The summed E-state index contributed by atoms with van der Waals surface area (Å²) in [6.07, 6.45) is 0. The van der Waals surface area contributed by atoms with E-state index in [4.69, 9.17) is 11.6 Å². The van der Waals surface area contributed by atoms with E-state index in [1.165, 1.54) is 10.4 Å². The van der Waals surface area contributed by atoms with Crippen molar-refractivity contribution in [2.45, 2.75) is 11.8 Å². The fourth-order valence-corrected chi connectivity index (χ4v) is 5.94. The van der Waals surface area contributed by atoms with Crippen molar-refractivity contribution in [2.24, 2.45) is 0 Å². The molecule has 33 heavy (non-hydrogen) atoms. The van der Waals surface area contributed by atoms with E-state index in [0.717, 1.165) is 34.5 Å². The number of hydrogen-bond donors (Lipinski definition) is 0. The smallest absolute Gasteiger partial charge is 0.243 e. The topological polar surface area (TPSA) is 81.7 Å². The monoisotopic (exact) mass is 483 g/mol. The molecule has 10 heteroatoms. The summed E-state index contributed by atoms with van der Waals surface area (Å²) in [5.41, 5.74) is 3.59. The van der Waals surface area contributed by atoms with Crippen LogP contribution in [0.25, 0.3) is 16.7 Å². The zero-order chi connectivity index (χ0) is 23.3. The molecular weight excluding hydrogens is 465 g/mol. The lowest BCUT2D eigenvalue weighted by Crippen LogP contribution is -2.49. The Hall–Kier alpha value is -3.19. The minimum Gasteiger partial charge on any atom is -0.355 e. The van der Waals surface area contributed by atoms with Gasteiger partial charge in [-0.25, -0.2) is 17.8 Å². The van der Waals surface area contributed by atoms with Gasteiger partial charge in [0.25, 0.3) is 0 Å². The molecule has 1 aliphatic rings. The van der Waals surface area contributed by atoms with Crippen molar-refractivity contribution in [1.82, 2.24) is 13.7 Å². The maximum Gasteiger partial charge on any atom is 0.243 e. The first kappa shape index (κ1) is 21.6. The van der Waals surface area contributed by atoms with Gasteiger partial charge in [0.2, 0.25) is 10.0 Å². The number of para-hydroxylation sites is 2. The Bertz CT molecular complexity index is 1550. The van der Waals surface area contributed by atoms with Gasteiger partial charge in [0.05, 0.1) is 26.5 Å². The standard InChI is InChI=1S/C23H19ClFN5O2S/c1-15-12-22(30-21-5-3-2-4-20(21)27-23(30)17(15)14-26)28-8-10-29(11-9-28)33(31,32)16-6-7-19(25)18(24)13-16/h2-7,12-13H,8-11H2,1H3. The number of aromatic nitrogens is 2. The molecule has 0 saturated carbocycles. The van der Waals surface area contributed by atoms with E-state index in [0.29, 0.717) is 24.3 Å². The first-order valence-corrected chi connectivity index (χ1v) is 12.1. The number of nitriles is 1. The minimum absolute atomic E-state index is 0.0282. The van der Waals surface area contributed by atoms with Crippen LogP contribution in [0.2, 0.25) is 5.02 Å². The number of piperazine rings is 1. The van der Waals surface area contributed by atoms with Crippen LogP contribution in [0.1, 0.15) is 11.1 Å². The van der Waals surface area contributed by atoms with Gasteiger partial charge in [0.15, 0.2) is 5.65 Å². The number of pyridine rings is 1. The predicted molar refractivity (Wildman–Crippen MR) is 125 cm³/mol. The number of rotatable bonds is 3. The Kier molecular flexibility index (Phi) is 5.24. The number of sulfonamides is 1. The van der Waals surface area contributed by atoms with Gasteiger partial charge in [0.1, 0.15) is 17.7 Å². The molecule has 0 spiro atoms. The molecule has 0 unspecified atom stereocenters. The second-order valence-corrected chi connectivity index (χ2v) is 10.2. The molecule has 168 valence electrons. The Balaban J connectivity index is 1.50. The second-order valence-electron chi connectivity index (χ2n) is 7.90. The lowest BCUT2D eigenvalue weighted by Gasteiger charge is -2.35. The summed E-state index contributed by atoms with van der Waals surface area (Å²) in [5.74, 6) is 0.199. The molecule has 4 aromatic rings. The van der Waals surface area contributed by atoms with Gasteiger partial charge in [-0.3, -0.25) is 4.40 Å². The van der Waals surface area contributed by atoms with E-state index in [1.807, 2.05) is 41.7 Å². The quantitative estimate of drug-likeness (QED) is 0.440. The van der Waals surface area contributed by atoms with Crippen LogP contribution in [0, 0.1) is 24.1 Å². The van der Waals surface area contributed by atoms with Crippen molar-refractivity contribution in [3.05, 3.63) is 70.5 Å². The summed E-state index contributed by atoms with van der Waals surface area (Å²) < 4.78 is 42.9. The van der Waals surface area contributed by atoms with Crippen LogP contribution in [-0.4, -0.2) is 48.3 Å². The van der Waals surface area contributed by atoms with Crippen LogP contribution in [0.3, 0.4) is 0 Å². The van der Waals surface area contributed by atoms with E-state index >= 15 is 0 Å². The SMILES string of the molecule is Cc1cc(N2CCN(S(=O)(=O)c3ccc(F)c(Cl)c3)CC2)n2c(nc3ccccc32)c1C#N. The van der Waals surface area contributed by atoms with Crippen LogP contribution >= 0.6 is 11.6 Å². The Labute approximate surface area is 195 Å². The molecule has 2 aromatic carbocycles. The normalized spacial score (nSPS) is 15.3. The number of aryl methyl sites for hydroxylation is 1. The van der Waals surface area contributed by atoms with Crippen LogP contribution in [-0.2, 0) is 10.0 Å². The van der Waals surface area contributed by atoms with Gasteiger partial charge in [-0.05, 0) is 48.9 Å². The maximum atomic E-state index is 13.5. The average Bonchev–Trinajstić information content (AvgIpc) is 3.19. The summed E-state index contributed by atoms with van der Waals surface area (Å²) >= 11 is 5.80. The van der Waals surface area contributed by atoms with Crippen LogP contribution in [0.4, 0.5) is 10.2 Å². The van der Waals surface area contributed by atoms with Crippen LogP contribution in [0.5, 0.6) is 0 Å². The van der Waals surface area contributed by atoms with E-state index in [-0.39, 0.29) is 23.0 Å². The Morgan fingerprint density at radius 3 is 2.52 bits per heavy atom. The minimum atomic E-state index is -3.80. The fourth-order valence-electron chi connectivity index (χ4n) is 4.25. The number of hydrogen-bond acceptors (Lipinski definition) is 5. The van der Waals surface area contributed by atoms with Crippen molar-refractivity contribution in [2.75, 3.05) is 31.1 Å². The van der Waals surface area contributed by atoms with Crippen LogP contribution < -0.4 is 4.90 Å². The lowest BCUT2D eigenvalue weighted by atomic mass is 10.1. The highest BCUT2D eigenvalue weighted by molar-refractivity contribution is 7.89. The molecule has 5 rings (SSSR count). The lowest BCUT2D eigenvalue weighted by molar-refractivity contribution is 0.383. The molecule has 2 aromatic heterocycles. The number of benzene rings is 2. The van der Waals surface area contributed by atoms with E-state index in [9.17, 15) is 18.1 Å². The largest absolute Gasteiger partial charge is 0.355 e. The zero-order valence-corrected chi connectivity index (χ0v) is 19.2. The molecule has 3 heterocycles. The van der Waals surface area contributed by atoms with Crippen molar-refractivity contribution in [1.29, 1.82) is 5.26 Å². The van der Waals surface area contributed by atoms with E-state index in [2.05, 4.69) is 16.0 Å². The summed E-state index contributed by atoms with van der Waals surface area (Å²) in [7, 11) is -3.80. The van der Waals surface area contributed by atoms with Crippen molar-refractivity contribution in [3.8, 4) is 6.07 Å². The van der Waals surface area contributed by atoms with Gasteiger partial charge in [-0.2, -0.15) is 9.57 Å². The van der Waals surface area contributed by atoms with E-state index < -0.39 is 15.8 Å². The fraction of sp³-hybridized carbons (Fsp3) is 0.217. The molecule has 7 nitrogen and oxygen atoms in total. The first-order chi connectivity index (χ1) is 15.8. The van der Waals surface area contributed by atoms with Gasteiger partial charge >= 0.3 is 0 Å². The van der Waals surface area contributed by atoms with Gasteiger partial charge < -0.3 is 4.90 Å². The summed E-state index contributed by atoms with van der Waals surface area (Å²) in [6.45, 7) is 3.28.